The highest BCUT2D eigenvalue weighted by atomic mass is 16.6. The minimum Gasteiger partial charge on any atom is -0.443 e. The molecular formula is C26H25N3O3. The lowest BCUT2D eigenvalue weighted by Gasteiger charge is -2.38. The van der Waals surface area contributed by atoms with Gasteiger partial charge in [0.25, 0.3) is 5.91 Å². The van der Waals surface area contributed by atoms with E-state index in [1.165, 1.54) is 4.90 Å². The number of aromatic nitrogens is 1. The van der Waals surface area contributed by atoms with Gasteiger partial charge in [-0.1, -0.05) is 36.4 Å². The molecule has 32 heavy (non-hydrogen) atoms. The van der Waals surface area contributed by atoms with Crippen LogP contribution in [0.25, 0.3) is 10.9 Å². The second-order valence-electron chi connectivity index (χ2n) is 9.14. The highest BCUT2D eigenvalue weighted by molar-refractivity contribution is 6.08. The monoisotopic (exact) mass is 427 g/mol. The molecule has 162 valence electrons. The summed E-state index contributed by atoms with van der Waals surface area (Å²) in [6, 6.07) is 17.9. The van der Waals surface area contributed by atoms with Crippen molar-refractivity contribution < 1.29 is 14.3 Å². The number of imide groups is 1. The highest BCUT2D eigenvalue weighted by Gasteiger charge is 2.42. The number of nitrogens with one attached hydrogen (secondary N) is 1. The third-order valence-corrected chi connectivity index (χ3v) is 5.82. The number of carbonyl (C=O) groups excluding carboxylic acids is 2. The van der Waals surface area contributed by atoms with Crippen LogP contribution in [-0.4, -0.2) is 34.0 Å². The smallest absolute Gasteiger partial charge is 0.417 e. The summed E-state index contributed by atoms with van der Waals surface area (Å²) in [6.45, 7) is 5.68. The second kappa shape index (κ2) is 7.48. The summed E-state index contributed by atoms with van der Waals surface area (Å²) < 4.78 is 5.52. The van der Waals surface area contributed by atoms with E-state index < -0.39 is 11.7 Å². The Morgan fingerprint density at radius 3 is 2.62 bits per heavy atom. The Morgan fingerprint density at radius 2 is 1.88 bits per heavy atom. The number of rotatable bonds is 1. The van der Waals surface area contributed by atoms with Gasteiger partial charge in [-0.25, -0.2) is 9.69 Å². The molecule has 0 fully saturated rings. The fraction of sp³-hybridized carbons (Fsp3) is 0.269. The summed E-state index contributed by atoms with van der Waals surface area (Å²) in [5.41, 5.74) is 4.61. The van der Waals surface area contributed by atoms with E-state index in [1.54, 1.807) is 27.0 Å². The summed E-state index contributed by atoms with van der Waals surface area (Å²) in [5.74, 6) is -0.624. The quantitative estimate of drug-likeness (QED) is 0.577. The molecule has 0 bridgehead atoms. The fourth-order valence-corrected chi connectivity index (χ4v) is 4.53. The van der Waals surface area contributed by atoms with Gasteiger partial charge in [0.15, 0.2) is 0 Å². The summed E-state index contributed by atoms with van der Waals surface area (Å²) in [6.07, 6.45) is 1.71. The van der Waals surface area contributed by atoms with E-state index in [-0.39, 0.29) is 18.4 Å². The maximum atomic E-state index is 13.7. The summed E-state index contributed by atoms with van der Waals surface area (Å²) in [5, 5.41) is 4.47. The van der Waals surface area contributed by atoms with Crippen molar-refractivity contribution in [2.45, 2.75) is 38.7 Å². The van der Waals surface area contributed by atoms with Gasteiger partial charge < -0.3 is 10.1 Å². The van der Waals surface area contributed by atoms with Crippen LogP contribution >= 0.6 is 0 Å². The number of hydrogen-bond donors (Lipinski definition) is 1. The lowest BCUT2D eigenvalue weighted by atomic mass is 9.77. The Labute approximate surface area is 186 Å². The molecule has 6 nitrogen and oxygen atoms in total. The Morgan fingerprint density at radius 1 is 1.09 bits per heavy atom. The first-order valence-corrected chi connectivity index (χ1v) is 10.8. The van der Waals surface area contributed by atoms with Crippen LogP contribution in [0.3, 0.4) is 0 Å². The Bertz CT molecular complexity index is 1260. The minimum absolute atomic E-state index is 0.283. The molecule has 0 saturated heterocycles. The van der Waals surface area contributed by atoms with Crippen LogP contribution in [0.1, 0.15) is 44.2 Å². The van der Waals surface area contributed by atoms with E-state index in [0.29, 0.717) is 12.0 Å². The Kier molecular flexibility index (Phi) is 4.73. The van der Waals surface area contributed by atoms with E-state index in [4.69, 9.17) is 4.74 Å². The molecule has 0 saturated carbocycles. The van der Waals surface area contributed by atoms with Crippen LogP contribution in [0, 0.1) is 0 Å². The average Bonchev–Trinajstić information content (AvgIpc) is 2.77. The summed E-state index contributed by atoms with van der Waals surface area (Å²) >= 11 is 0. The number of benzene rings is 2. The average molecular weight is 428 g/mol. The van der Waals surface area contributed by atoms with Crippen molar-refractivity contribution in [2.24, 2.45) is 0 Å². The molecule has 1 atom stereocenters. The van der Waals surface area contributed by atoms with E-state index >= 15 is 0 Å². The molecule has 1 N–H and O–H groups in total. The summed E-state index contributed by atoms with van der Waals surface area (Å²) in [7, 11) is 0. The summed E-state index contributed by atoms with van der Waals surface area (Å²) in [4.78, 5) is 32.3. The normalized spacial score (nSPS) is 18.2. The van der Waals surface area contributed by atoms with Crippen LogP contribution in [0.15, 0.2) is 72.1 Å². The number of anilines is 1. The molecule has 2 aliphatic rings. The molecular weight excluding hydrogens is 402 g/mol. The number of amides is 2. The number of carbonyl (C=O) groups is 2. The molecule has 3 aromatic rings. The zero-order valence-electron chi connectivity index (χ0n) is 18.4. The van der Waals surface area contributed by atoms with Gasteiger partial charge in [-0.15, -0.1) is 0 Å². The molecule has 0 spiro atoms. The zero-order chi connectivity index (χ0) is 22.5. The van der Waals surface area contributed by atoms with Gasteiger partial charge in [-0.2, -0.15) is 0 Å². The molecule has 1 aromatic heterocycles. The molecule has 0 radical (unpaired) electrons. The molecule has 6 heteroatoms. The maximum absolute atomic E-state index is 13.7. The number of pyridine rings is 1. The van der Waals surface area contributed by atoms with Crippen LogP contribution in [0.2, 0.25) is 0 Å². The number of ether oxygens (including phenoxy) is 1. The predicted octanol–water partition coefficient (Wildman–Crippen LogP) is 5.21. The van der Waals surface area contributed by atoms with Crippen LogP contribution in [0.5, 0.6) is 0 Å². The predicted molar refractivity (Wildman–Crippen MR) is 123 cm³/mol. The molecule has 3 heterocycles. The molecule has 2 amide bonds. The van der Waals surface area contributed by atoms with Gasteiger partial charge >= 0.3 is 6.09 Å². The van der Waals surface area contributed by atoms with Crippen molar-refractivity contribution in [2.75, 3.05) is 11.9 Å². The standard InChI is InChI=1S/C26H25N3O3/c1-26(2,3)32-25(31)29-15-13-20-23(24(29)30)21(16-8-5-4-6-9-16)22-17-10-7-14-27-18(17)11-12-19(22)28-20/h4-12,14,21,28H,13,15H2,1-3H3. The van der Waals surface area contributed by atoms with E-state index in [2.05, 4.69) is 10.3 Å². The van der Waals surface area contributed by atoms with Crippen LogP contribution in [0.4, 0.5) is 10.5 Å². The topological polar surface area (TPSA) is 71.5 Å². The van der Waals surface area contributed by atoms with Crippen molar-refractivity contribution in [1.82, 2.24) is 9.88 Å². The third-order valence-electron chi connectivity index (χ3n) is 5.82. The van der Waals surface area contributed by atoms with Gasteiger partial charge in [-0.05, 0) is 50.1 Å². The first-order chi connectivity index (χ1) is 15.3. The van der Waals surface area contributed by atoms with Crippen molar-refractivity contribution in [3.8, 4) is 0 Å². The number of nitrogens with zero attached hydrogens (tertiary/aromatic N) is 2. The lowest BCUT2D eigenvalue weighted by molar-refractivity contribution is -0.127. The van der Waals surface area contributed by atoms with Crippen LogP contribution < -0.4 is 5.32 Å². The molecule has 2 aliphatic heterocycles. The third kappa shape index (κ3) is 3.42. The zero-order valence-corrected chi connectivity index (χ0v) is 18.4. The molecule has 2 aromatic carbocycles. The molecule has 0 aliphatic carbocycles. The van der Waals surface area contributed by atoms with Crippen molar-refractivity contribution in [1.29, 1.82) is 0 Å². The molecule has 5 rings (SSSR count). The van der Waals surface area contributed by atoms with Gasteiger partial charge in [0, 0.05) is 47.4 Å². The Balaban J connectivity index is 1.67. The first-order valence-electron chi connectivity index (χ1n) is 10.8. The number of hydrogen-bond acceptors (Lipinski definition) is 5. The van der Waals surface area contributed by atoms with E-state index in [1.807, 2.05) is 54.6 Å². The second-order valence-corrected chi connectivity index (χ2v) is 9.14. The van der Waals surface area contributed by atoms with E-state index in [9.17, 15) is 9.59 Å². The van der Waals surface area contributed by atoms with Gasteiger partial charge in [0.1, 0.15) is 5.60 Å². The largest absolute Gasteiger partial charge is 0.443 e. The van der Waals surface area contributed by atoms with Gasteiger partial charge in [0.05, 0.1) is 5.52 Å². The lowest BCUT2D eigenvalue weighted by Crippen LogP contribution is -2.47. The highest BCUT2D eigenvalue weighted by Crippen LogP contribution is 2.47. The number of fused-ring (bicyclic) bond motifs is 3. The van der Waals surface area contributed by atoms with Crippen molar-refractivity contribution in [3.05, 3.63) is 83.2 Å². The van der Waals surface area contributed by atoms with Gasteiger partial charge in [-0.3, -0.25) is 9.78 Å². The van der Waals surface area contributed by atoms with Crippen LogP contribution in [-0.2, 0) is 9.53 Å². The van der Waals surface area contributed by atoms with Crippen molar-refractivity contribution in [3.63, 3.8) is 0 Å². The minimum atomic E-state index is -0.676. The van der Waals surface area contributed by atoms with Gasteiger partial charge in [0.2, 0.25) is 0 Å². The molecule has 1 unspecified atom stereocenters. The SMILES string of the molecule is CC(C)(C)OC(=O)N1CCC2=C(C1=O)C(c1ccccc1)c1c(ccc3ncccc13)N2. The first kappa shape index (κ1) is 20.2. The maximum Gasteiger partial charge on any atom is 0.417 e. The fourth-order valence-electron chi connectivity index (χ4n) is 4.53. The van der Waals surface area contributed by atoms with E-state index in [0.717, 1.165) is 33.4 Å². The Hall–Kier alpha value is -3.67. The van der Waals surface area contributed by atoms with Crippen molar-refractivity contribution >= 4 is 28.6 Å².